The van der Waals surface area contributed by atoms with Crippen molar-refractivity contribution in [3.63, 3.8) is 0 Å². The highest BCUT2D eigenvalue weighted by atomic mass is 19.1. The summed E-state index contributed by atoms with van der Waals surface area (Å²) in [6.07, 6.45) is 5.07. The van der Waals surface area contributed by atoms with Crippen molar-refractivity contribution in [3.05, 3.63) is 23.8 Å². The summed E-state index contributed by atoms with van der Waals surface area (Å²) in [5, 5.41) is 11.4. The first-order valence-electron chi connectivity index (χ1n) is 10.0. The number of aliphatic hydroxyl groups is 1. The first kappa shape index (κ1) is 17.7. The molecule has 9 atom stereocenters. The van der Waals surface area contributed by atoms with Crippen molar-refractivity contribution in [2.24, 2.45) is 28.6 Å². The van der Waals surface area contributed by atoms with Crippen LogP contribution in [0.3, 0.4) is 0 Å². The molecule has 0 aromatic rings. The minimum Gasteiger partial charge on any atom is -0.381 e. The fourth-order valence-electron chi connectivity index (χ4n) is 7.73. The molecular weight excluding hydrogens is 347 g/mol. The molecule has 2 unspecified atom stereocenters. The summed E-state index contributed by atoms with van der Waals surface area (Å²) >= 11 is 0. The Morgan fingerprint density at radius 3 is 2.67 bits per heavy atom. The third-order valence-corrected chi connectivity index (χ3v) is 9.04. The van der Waals surface area contributed by atoms with Crippen LogP contribution in [0.4, 0.5) is 4.39 Å². The van der Waals surface area contributed by atoms with Crippen molar-refractivity contribution in [1.82, 2.24) is 0 Å². The van der Waals surface area contributed by atoms with Crippen LogP contribution in [0.5, 0.6) is 0 Å². The van der Waals surface area contributed by atoms with Gasteiger partial charge in [-0.05, 0) is 68.6 Å². The number of ketones is 2. The molecule has 0 amide bonds. The predicted octanol–water partition coefficient (Wildman–Crippen LogP) is 2.94. The van der Waals surface area contributed by atoms with Crippen LogP contribution in [0.15, 0.2) is 23.8 Å². The summed E-state index contributed by atoms with van der Waals surface area (Å²) in [6, 6.07) is 0. The summed E-state index contributed by atoms with van der Waals surface area (Å²) in [6.45, 7) is 7.39. The Morgan fingerprint density at radius 1 is 1.30 bits per heavy atom. The molecule has 4 fully saturated rings. The van der Waals surface area contributed by atoms with E-state index >= 15 is 4.39 Å². The highest BCUT2D eigenvalue weighted by Gasteiger charge is 2.82. The Balaban J connectivity index is 1.64. The van der Waals surface area contributed by atoms with E-state index in [1.807, 2.05) is 26.8 Å². The predicted molar refractivity (Wildman–Crippen MR) is 96.6 cm³/mol. The lowest BCUT2D eigenvalue weighted by Gasteiger charge is -2.56. The lowest BCUT2D eigenvalue weighted by Crippen LogP contribution is -2.62. The maximum Gasteiger partial charge on any atom is 0.178 e. The van der Waals surface area contributed by atoms with Gasteiger partial charge < -0.3 is 9.84 Å². The Bertz CT molecular complexity index is 832. The lowest BCUT2D eigenvalue weighted by atomic mass is 9.46. The van der Waals surface area contributed by atoms with Gasteiger partial charge >= 0.3 is 0 Å². The van der Waals surface area contributed by atoms with Gasteiger partial charge in [0.25, 0.3) is 0 Å². The second-order valence-electron chi connectivity index (χ2n) is 9.93. The van der Waals surface area contributed by atoms with Crippen molar-refractivity contribution in [2.45, 2.75) is 70.4 Å². The number of hydrogen-bond acceptors (Lipinski definition) is 4. The van der Waals surface area contributed by atoms with Crippen molar-refractivity contribution in [3.8, 4) is 0 Å². The lowest BCUT2D eigenvalue weighted by molar-refractivity contribution is -0.161. The van der Waals surface area contributed by atoms with E-state index in [2.05, 4.69) is 0 Å². The Labute approximate surface area is 158 Å². The van der Waals surface area contributed by atoms with Gasteiger partial charge in [0.05, 0.1) is 6.10 Å². The van der Waals surface area contributed by atoms with Gasteiger partial charge in [0.2, 0.25) is 0 Å². The van der Waals surface area contributed by atoms with Crippen LogP contribution in [-0.4, -0.2) is 40.2 Å². The van der Waals surface area contributed by atoms with E-state index in [1.54, 1.807) is 0 Å². The second kappa shape index (κ2) is 4.80. The number of rotatable bonds is 1. The molecular formula is C22H27FO4. The number of halogens is 1. The third-order valence-electron chi connectivity index (χ3n) is 9.04. The van der Waals surface area contributed by atoms with Crippen LogP contribution >= 0.6 is 0 Å². The molecule has 5 heteroatoms. The van der Waals surface area contributed by atoms with E-state index in [0.717, 1.165) is 0 Å². The fraction of sp³-hybridized carbons (Fsp3) is 0.727. The van der Waals surface area contributed by atoms with E-state index in [4.69, 9.17) is 4.74 Å². The fourth-order valence-corrected chi connectivity index (χ4v) is 7.73. The van der Waals surface area contributed by atoms with Gasteiger partial charge in [0, 0.05) is 10.8 Å². The zero-order valence-corrected chi connectivity index (χ0v) is 16.3. The molecule has 1 spiro atoms. The van der Waals surface area contributed by atoms with Gasteiger partial charge in [-0.1, -0.05) is 19.9 Å². The number of epoxide rings is 1. The van der Waals surface area contributed by atoms with Crippen LogP contribution in [0.1, 0.15) is 47.0 Å². The van der Waals surface area contributed by atoms with Gasteiger partial charge in [-0.3, -0.25) is 9.59 Å². The minimum absolute atomic E-state index is 0.0165. The SMILES string of the molecule is CC(=O)[C@@]1(O)[C@@H](C)CC2C3C[C@H](F)C4=CC(=O)C=C[C@]4(C)[C@@]34O[C@H]4C[C@@]21C. The largest absolute Gasteiger partial charge is 0.381 e. The zero-order chi connectivity index (χ0) is 19.6. The van der Waals surface area contributed by atoms with Crippen LogP contribution in [-0.2, 0) is 14.3 Å². The first-order valence-corrected chi connectivity index (χ1v) is 10.0. The molecule has 4 aliphatic carbocycles. The van der Waals surface area contributed by atoms with Gasteiger partial charge in [0.15, 0.2) is 11.6 Å². The van der Waals surface area contributed by atoms with Crippen molar-refractivity contribution in [2.75, 3.05) is 0 Å². The number of carbonyl (C=O) groups excluding carboxylic acids is 2. The molecule has 1 N–H and O–H groups in total. The Hall–Kier alpha value is -1.33. The summed E-state index contributed by atoms with van der Waals surface area (Å²) in [5.74, 6) is -0.588. The molecule has 3 saturated carbocycles. The smallest absolute Gasteiger partial charge is 0.178 e. The summed E-state index contributed by atoms with van der Waals surface area (Å²) in [4.78, 5) is 24.4. The van der Waals surface area contributed by atoms with E-state index in [1.165, 1.54) is 19.1 Å². The molecule has 1 heterocycles. The standard InChI is InChI=1S/C22H27FO4/c1-11-7-14-15-9-17(23)16-8-13(25)5-6-19(16,3)22(15)18(27-22)10-20(14,4)21(11,26)12(2)24/h5-6,8,11,14-15,17-18,26H,7,9-10H2,1-4H3/t11-,14?,15?,17-,18-,19-,20-,21-,22+/m0/s1. The number of Topliss-reactive ketones (excluding diaryl/α,β-unsaturated/α-hetero) is 1. The zero-order valence-electron chi connectivity index (χ0n) is 16.3. The molecule has 5 aliphatic rings. The monoisotopic (exact) mass is 374 g/mol. The molecule has 1 saturated heterocycles. The topological polar surface area (TPSA) is 66.9 Å². The normalized spacial score (nSPS) is 57.9. The van der Waals surface area contributed by atoms with Gasteiger partial charge in [-0.25, -0.2) is 4.39 Å². The molecule has 4 nitrogen and oxygen atoms in total. The van der Waals surface area contributed by atoms with Crippen LogP contribution < -0.4 is 0 Å². The third kappa shape index (κ3) is 1.69. The highest BCUT2D eigenvalue weighted by molar-refractivity contribution is 6.01. The van der Waals surface area contributed by atoms with Crippen molar-refractivity contribution < 1.29 is 23.8 Å². The number of hydrogen-bond donors (Lipinski definition) is 1. The van der Waals surface area contributed by atoms with Gasteiger partial charge in [0.1, 0.15) is 17.4 Å². The van der Waals surface area contributed by atoms with Crippen LogP contribution in [0, 0.1) is 28.6 Å². The Kier molecular flexibility index (Phi) is 3.15. The van der Waals surface area contributed by atoms with Crippen molar-refractivity contribution >= 4 is 11.6 Å². The first-order chi connectivity index (χ1) is 12.5. The molecule has 0 aromatic carbocycles. The average Bonchev–Trinajstić information content (AvgIpc) is 3.27. The van der Waals surface area contributed by atoms with Crippen molar-refractivity contribution in [1.29, 1.82) is 0 Å². The molecule has 27 heavy (non-hydrogen) atoms. The maximum absolute atomic E-state index is 15.3. The number of ether oxygens (including phenoxy) is 1. The summed E-state index contributed by atoms with van der Waals surface area (Å²) in [5.41, 5.74) is -2.64. The summed E-state index contributed by atoms with van der Waals surface area (Å²) < 4.78 is 21.6. The van der Waals surface area contributed by atoms with E-state index < -0.39 is 28.2 Å². The van der Waals surface area contributed by atoms with E-state index in [9.17, 15) is 14.7 Å². The number of fused-ring (bicyclic) bond motifs is 3. The van der Waals surface area contributed by atoms with Gasteiger partial charge in [-0.2, -0.15) is 0 Å². The molecule has 146 valence electrons. The van der Waals surface area contributed by atoms with E-state index in [-0.39, 0.29) is 35.4 Å². The van der Waals surface area contributed by atoms with Crippen LogP contribution in [0.2, 0.25) is 0 Å². The maximum atomic E-state index is 15.3. The second-order valence-corrected chi connectivity index (χ2v) is 9.93. The average molecular weight is 374 g/mol. The number of allylic oxidation sites excluding steroid dienone is 2. The molecule has 0 bridgehead atoms. The summed E-state index contributed by atoms with van der Waals surface area (Å²) in [7, 11) is 0. The Morgan fingerprint density at radius 2 is 2.00 bits per heavy atom. The molecule has 5 rings (SSSR count). The number of carbonyl (C=O) groups is 2. The number of alkyl halides is 1. The molecule has 0 radical (unpaired) electrons. The minimum atomic E-state index is -1.39. The van der Waals surface area contributed by atoms with E-state index in [0.29, 0.717) is 24.8 Å². The van der Waals surface area contributed by atoms with Crippen LogP contribution in [0.25, 0.3) is 0 Å². The quantitative estimate of drug-likeness (QED) is 0.717. The molecule has 0 aromatic heterocycles. The highest BCUT2D eigenvalue weighted by Crippen LogP contribution is 2.76. The van der Waals surface area contributed by atoms with Gasteiger partial charge in [-0.15, -0.1) is 0 Å². The molecule has 1 aliphatic heterocycles.